The first-order valence-corrected chi connectivity index (χ1v) is 10.6. The van der Waals surface area contributed by atoms with Gasteiger partial charge in [-0.3, -0.25) is 9.59 Å². The molecule has 2 aromatic rings. The second-order valence-corrected chi connectivity index (χ2v) is 7.56. The third-order valence-corrected chi connectivity index (χ3v) is 4.74. The number of benzene rings is 2. The predicted octanol–water partition coefficient (Wildman–Crippen LogP) is 3.69. The first-order chi connectivity index (χ1) is 14.6. The molecule has 0 fully saturated rings. The van der Waals surface area contributed by atoms with E-state index in [-0.39, 0.29) is 11.8 Å². The molecule has 0 saturated carbocycles. The van der Waals surface area contributed by atoms with Gasteiger partial charge in [0, 0.05) is 31.3 Å². The van der Waals surface area contributed by atoms with Gasteiger partial charge in [0.25, 0.3) is 5.91 Å². The van der Waals surface area contributed by atoms with Crippen molar-refractivity contribution in [3.05, 3.63) is 77.9 Å². The summed E-state index contributed by atoms with van der Waals surface area (Å²) in [5, 5.41) is 2.94. The van der Waals surface area contributed by atoms with Crippen LogP contribution < -0.4 is 5.32 Å². The van der Waals surface area contributed by atoms with Gasteiger partial charge in [-0.25, -0.2) is 0 Å². The van der Waals surface area contributed by atoms with E-state index in [2.05, 4.69) is 10.2 Å². The van der Waals surface area contributed by atoms with Gasteiger partial charge in [-0.1, -0.05) is 48.5 Å². The molecule has 0 radical (unpaired) electrons. The summed E-state index contributed by atoms with van der Waals surface area (Å²) < 4.78 is 0. The van der Waals surface area contributed by atoms with Crippen LogP contribution in [0.1, 0.15) is 35.2 Å². The molecule has 0 aromatic heterocycles. The highest BCUT2D eigenvalue weighted by Crippen LogP contribution is 2.05. The van der Waals surface area contributed by atoms with Gasteiger partial charge in [-0.2, -0.15) is 0 Å². The molecule has 2 rings (SSSR count). The Labute approximate surface area is 180 Å². The number of carbonyl (C=O) groups excluding carboxylic acids is 2. The van der Waals surface area contributed by atoms with Crippen molar-refractivity contribution in [1.82, 2.24) is 15.1 Å². The molecule has 0 heterocycles. The van der Waals surface area contributed by atoms with E-state index in [0.29, 0.717) is 18.7 Å². The highest BCUT2D eigenvalue weighted by atomic mass is 16.2. The van der Waals surface area contributed by atoms with Crippen LogP contribution in [-0.2, 0) is 4.79 Å². The van der Waals surface area contributed by atoms with E-state index < -0.39 is 0 Å². The van der Waals surface area contributed by atoms with Gasteiger partial charge in [0.1, 0.15) is 0 Å². The Morgan fingerprint density at radius 3 is 2.13 bits per heavy atom. The van der Waals surface area contributed by atoms with Crippen LogP contribution in [0.25, 0.3) is 6.08 Å². The average Bonchev–Trinajstić information content (AvgIpc) is 2.77. The summed E-state index contributed by atoms with van der Waals surface area (Å²) in [5.41, 5.74) is 1.69. The van der Waals surface area contributed by atoms with Crippen LogP contribution in [0, 0.1) is 0 Å². The van der Waals surface area contributed by atoms with Crippen LogP contribution in [0.3, 0.4) is 0 Å². The molecule has 0 aliphatic heterocycles. The summed E-state index contributed by atoms with van der Waals surface area (Å²) in [5.74, 6) is -0.0220. The van der Waals surface area contributed by atoms with Gasteiger partial charge in [0.2, 0.25) is 5.91 Å². The van der Waals surface area contributed by atoms with Crippen LogP contribution in [-0.4, -0.2) is 61.9 Å². The van der Waals surface area contributed by atoms with Crippen LogP contribution in [0.2, 0.25) is 0 Å². The molecule has 0 bridgehead atoms. The molecule has 0 spiro atoms. The second-order valence-electron chi connectivity index (χ2n) is 7.56. The number of nitrogens with one attached hydrogen (secondary N) is 1. The van der Waals surface area contributed by atoms with Crippen molar-refractivity contribution in [3.8, 4) is 0 Å². The molecular formula is C25H33N3O2. The molecule has 5 heteroatoms. The summed E-state index contributed by atoms with van der Waals surface area (Å²) in [6, 6.07) is 19.1. The largest absolute Gasteiger partial charge is 0.352 e. The summed E-state index contributed by atoms with van der Waals surface area (Å²) in [6.07, 6.45) is 6.13. The van der Waals surface area contributed by atoms with Crippen molar-refractivity contribution in [2.75, 3.05) is 40.3 Å². The molecule has 0 aliphatic carbocycles. The number of hydrogen-bond acceptors (Lipinski definition) is 3. The zero-order valence-electron chi connectivity index (χ0n) is 18.1. The summed E-state index contributed by atoms with van der Waals surface area (Å²) in [7, 11) is 4.08. The van der Waals surface area contributed by atoms with Crippen molar-refractivity contribution in [3.63, 3.8) is 0 Å². The number of carbonyl (C=O) groups is 2. The van der Waals surface area contributed by atoms with Crippen molar-refractivity contribution in [1.29, 1.82) is 0 Å². The summed E-state index contributed by atoms with van der Waals surface area (Å²) in [4.78, 5) is 28.8. The summed E-state index contributed by atoms with van der Waals surface area (Å²) in [6.45, 7) is 2.96. The Balaban J connectivity index is 1.79. The van der Waals surface area contributed by atoms with Crippen molar-refractivity contribution in [2.45, 2.75) is 19.3 Å². The smallest absolute Gasteiger partial charge is 0.251 e. The molecule has 30 heavy (non-hydrogen) atoms. The van der Waals surface area contributed by atoms with E-state index in [1.807, 2.05) is 73.6 Å². The number of hydrogen-bond donors (Lipinski definition) is 1. The van der Waals surface area contributed by atoms with E-state index >= 15 is 0 Å². The monoisotopic (exact) mass is 407 g/mol. The van der Waals surface area contributed by atoms with E-state index in [9.17, 15) is 9.59 Å². The van der Waals surface area contributed by atoms with Crippen molar-refractivity contribution >= 4 is 17.9 Å². The van der Waals surface area contributed by atoms with Gasteiger partial charge < -0.3 is 15.1 Å². The highest BCUT2D eigenvalue weighted by Gasteiger charge is 2.11. The van der Waals surface area contributed by atoms with E-state index in [0.717, 1.165) is 37.9 Å². The van der Waals surface area contributed by atoms with Crippen molar-refractivity contribution < 1.29 is 9.59 Å². The Morgan fingerprint density at radius 2 is 1.47 bits per heavy atom. The van der Waals surface area contributed by atoms with Crippen LogP contribution in [0.5, 0.6) is 0 Å². The van der Waals surface area contributed by atoms with Gasteiger partial charge in [0.05, 0.1) is 0 Å². The molecule has 0 saturated heterocycles. The lowest BCUT2D eigenvalue weighted by atomic mass is 10.2. The molecule has 2 aromatic carbocycles. The third kappa shape index (κ3) is 9.05. The maximum atomic E-state index is 12.7. The zero-order valence-corrected chi connectivity index (χ0v) is 18.1. The minimum Gasteiger partial charge on any atom is -0.352 e. The third-order valence-electron chi connectivity index (χ3n) is 4.74. The fourth-order valence-electron chi connectivity index (χ4n) is 3.07. The molecule has 0 unspecified atom stereocenters. The Bertz CT molecular complexity index is 789. The number of amides is 2. The number of unbranched alkanes of at least 4 members (excludes halogenated alkanes) is 1. The molecular weight excluding hydrogens is 374 g/mol. The van der Waals surface area contributed by atoms with Gasteiger partial charge >= 0.3 is 0 Å². The van der Waals surface area contributed by atoms with E-state index in [4.69, 9.17) is 0 Å². The standard InChI is InChI=1S/C25H33N3O2/c1-27(2)19-11-21-28(24(29)17-16-22-12-5-3-6-13-22)20-10-9-18-26-25(30)23-14-7-4-8-15-23/h3-8,12-17H,9-11,18-21H2,1-2H3,(H,26,30)/b17-16+. The van der Waals surface area contributed by atoms with Crippen molar-refractivity contribution in [2.24, 2.45) is 0 Å². The lowest BCUT2D eigenvalue weighted by Crippen LogP contribution is -2.33. The molecule has 0 aliphatic rings. The minimum atomic E-state index is -0.0553. The number of nitrogens with zero attached hydrogens (tertiary/aromatic N) is 2. The lowest BCUT2D eigenvalue weighted by molar-refractivity contribution is -0.126. The fraction of sp³-hybridized carbons (Fsp3) is 0.360. The highest BCUT2D eigenvalue weighted by molar-refractivity contribution is 5.94. The second kappa shape index (κ2) is 13.3. The van der Waals surface area contributed by atoms with E-state index in [1.165, 1.54) is 0 Å². The van der Waals surface area contributed by atoms with Crippen LogP contribution in [0.15, 0.2) is 66.7 Å². The van der Waals surface area contributed by atoms with Crippen LogP contribution in [0.4, 0.5) is 0 Å². The first-order valence-electron chi connectivity index (χ1n) is 10.6. The van der Waals surface area contributed by atoms with Gasteiger partial charge in [0.15, 0.2) is 0 Å². The van der Waals surface area contributed by atoms with Gasteiger partial charge in [-0.05, 0) is 63.7 Å². The van der Waals surface area contributed by atoms with Crippen LogP contribution >= 0.6 is 0 Å². The molecule has 5 nitrogen and oxygen atoms in total. The molecule has 0 atom stereocenters. The molecule has 160 valence electrons. The normalized spacial score (nSPS) is 11.0. The average molecular weight is 408 g/mol. The Morgan fingerprint density at radius 1 is 0.833 bits per heavy atom. The summed E-state index contributed by atoms with van der Waals surface area (Å²) >= 11 is 0. The lowest BCUT2D eigenvalue weighted by Gasteiger charge is -2.22. The minimum absolute atomic E-state index is 0.0333. The van der Waals surface area contributed by atoms with E-state index in [1.54, 1.807) is 18.2 Å². The first kappa shape index (κ1) is 23.4. The number of rotatable bonds is 12. The topological polar surface area (TPSA) is 52.6 Å². The maximum absolute atomic E-state index is 12.7. The zero-order chi connectivity index (χ0) is 21.6. The predicted molar refractivity (Wildman–Crippen MR) is 123 cm³/mol. The maximum Gasteiger partial charge on any atom is 0.251 e. The fourth-order valence-corrected chi connectivity index (χ4v) is 3.07. The molecule has 2 amide bonds. The Hall–Kier alpha value is -2.92. The quantitative estimate of drug-likeness (QED) is 0.431. The molecule has 1 N–H and O–H groups in total. The Kier molecular flexibility index (Phi) is 10.4. The SMILES string of the molecule is CN(C)CCCN(CCCCNC(=O)c1ccccc1)C(=O)/C=C/c1ccccc1. The van der Waals surface area contributed by atoms with Gasteiger partial charge in [-0.15, -0.1) is 0 Å².